The molecule has 0 saturated heterocycles. The van der Waals surface area contributed by atoms with Crippen molar-refractivity contribution in [3.63, 3.8) is 0 Å². The largest absolute Gasteiger partial charge is 0.505 e. The summed E-state index contributed by atoms with van der Waals surface area (Å²) in [5, 5.41) is 13.5. The molecular weight excluding hydrogens is 474 g/mol. The number of benzene rings is 1. The van der Waals surface area contributed by atoms with E-state index >= 15 is 0 Å². The van der Waals surface area contributed by atoms with Gasteiger partial charge in [-0.05, 0) is 18.2 Å². The van der Waals surface area contributed by atoms with Crippen LogP contribution in [0.25, 0.3) is 11.1 Å². The van der Waals surface area contributed by atoms with Crippen LogP contribution in [0, 0.1) is 0 Å². The minimum absolute atomic E-state index is 0.0243. The van der Waals surface area contributed by atoms with Crippen molar-refractivity contribution in [2.75, 3.05) is 11.8 Å². The highest BCUT2D eigenvalue weighted by Crippen LogP contribution is 2.37. The highest BCUT2D eigenvalue weighted by atomic mass is 35.5. The lowest BCUT2D eigenvalue weighted by molar-refractivity contribution is 0.0447. The molecule has 0 radical (unpaired) electrons. The SMILES string of the molecule is COc1ncc2cc1NS(=O)(=O)c1cc(cc(Cl)c1O)C(=O)OCc1nn(C(F)F)cc1-2. The third-order valence-electron chi connectivity index (χ3n) is 4.50. The van der Waals surface area contributed by atoms with Gasteiger partial charge in [-0.15, -0.1) is 0 Å². The van der Waals surface area contributed by atoms with Gasteiger partial charge >= 0.3 is 12.5 Å². The van der Waals surface area contributed by atoms with Crippen molar-refractivity contribution < 1.29 is 36.6 Å². The average Bonchev–Trinajstić information content (AvgIpc) is 3.17. The molecule has 1 aromatic carbocycles. The monoisotopic (exact) mass is 486 g/mol. The van der Waals surface area contributed by atoms with E-state index in [-0.39, 0.29) is 34.0 Å². The smallest absolute Gasteiger partial charge is 0.338 e. The van der Waals surface area contributed by atoms with Crippen molar-refractivity contribution in [3.05, 3.63) is 46.9 Å². The molecular formula is C18H13ClF2N4O6S. The van der Waals surface area contributed by atoms with Gasteiger partial charge in [0.25, 0.3) is 10.0 Å². The second-order valence-corrected chi connectivity index (χ2v) is 8.57. The molecule has 168 valence electrons. The van der Waals surface area contributed by atoms with Gasteiger partial charge in [0.15, 0.2) is 5.75 Å². The zero-order chi connectivity index (χ0) is 23.2. The van der Waals surface area contributed by atoms with Crippen molar-refractivity contribution in [1.82, 2.24) is 14.8 Å². The average molecular weight is 487 g/mol. The second kappa shape index (κ2) is 7.91. The lowest BCUT2D eigenvalue weighted by Crippen LogP contribution is -2.15. The Morgan fingerprint density at radius 1 is 1.31 bits per heavy atom. The van der Waals surface area contributed by atoms with Crippen molar-refractivity contribution in [1.29, 1.82) is 0 Å². The summed E-state index contributed by atoms with van der Waals surface area (Å²) in [5.74, 6) is -1.93. The molecule has 32 heavy (non-hydrogen) atoms. The molecule has 0 fully saturated rings. The van der Waals surface area contributed by atoms with Crippen LogP contribution >= 0.6 is 11.6 Å². The molecule has 4 bridgehead atoms. The number of anilines is 1. The number of halogens is 3. The molecule has 1 aliphatic heterocycles. The molecule has 0 amide bonds. The number of phenolic OH excluding ortho intramolecular Hbond substituents is 1. The van der Waals surface area contributed by atoms with Gasteiger partial charge in [0.2, 0.25) is 5.88 Å². The number of pyridine rings is 1. The summed E-state index contributed by atoms with van der Waals surface area (Å²) in [6.45, 7) is -3.48. The van der Waals surface area contributed by atoms with Crippen LogP contribution in [0.1, 0.15) is 22.6 Å². The van der Waals surface area contributed by atoms with Crippen LogP contribution in [0.3, 0.4) is 0 Å². The Morgan fingerprint density at radius 2 is 2.06 bits per heavy atom. The van der Waals surface area contributed by atoms with Gasteiger partial charge in [0, 0.05) is 23.5 Å². The van der Waals surface area contributed by atoms with Crippen LogP contribution in [0.5, 0.6) is 11.6 Å². The Labute approximate surface area is 184 Å². The van der Waals surface area contributed by atoms with Crippen molar-refractivity contribution in [3.8, 4) is 22.8 Å². The van der Waals surface area contributed by atoms with E-state index in [1.54, 1.807) is 0 Å². The van der Waals surface area contributed by atoms with Crippen molar-refractivity contribution >= 4 is 33.3 Å². The quantitative estimate of drug-likeness (QED) is 0.528. The number of alkyl halides is 2. The Morgan fingerprint density at radius 3 is 2.75 bits per heavy atom. The van der Waals surface area contributed by atoms with E-state index < -0.39 is 44.8 Å². The number of phenols is 1. The minimum atomic E-state index is -4.51. The van der Waals surface area contributed by atoms with Crippen LogP contribution in [0.2, 0.25) is 5.02 Å². The molecule has 0 aliphatic carbocycles. The molecule has 0 saturated carbocycles. The predicted octanol–water partition coefficient (Wildman–Crippen LogP) is 3.18. The number of cyclic esters (lactones) is 1. The molecule has 3 heterocycles. The maximum atomic E-state index is 13.2. The topological polar surface area (TPSA) is 133 Å². The summed E-state index contributed by atoms with van der Waals surface area (Å²) in [4.78, 5) is 15.8. The number of methoxy groups -OCH3 is 1. The lowest BCUT2D eigenvalue weighted by atomic mass is 10.1. The van der Waals surface area contributed by atoms with Crippen molar-refractivity contribution in [2.45, 2.75) is 18.1 Å². The number of nitrogens with zero attached hydrogens (tertiary/aromatic N) is 3. The van der Waals surface area contributed by atoms with E-state index in [0.717, 1.165) is 18.3 Å². The van der Waals surface area contributed by atoms with Gasteiger partial charge in [-0.3, -0.25) is 4.72 Å². The van der Waals surface area contributed by atoms with E-state index in [0.29, 0.717) is 4.68 Å². The van der Waals surface area contributed by atoms with E-state index in [9.17, 15) is 27.1 Å². The number of nitrogens with one attached hydrogen (secondary N) is 1. The normalized spacial score (nSPS) is 15.0. The highest BCUT2D eigenvalue weighted by molar-refractivity contribution is 7.92. The third kappa shape index (κ3) is 3.80. The first kappa shape index (κ1) is 21.8. The summed E-state index contributed by atoms with van der Waals surface area (Å²) in [5.41, 5.74) is -0.161. The first-order valence-corrected chi connectivity index (χ1v) is 10.6. The maximum Gasteiger partial charge on any atom is 0.338 e. The molecule has 14 heteroatoms. The first-order valence-electron chi connectivity index (χ1n) is 8.73. The first-order chi connectivity index (χ1) is 15.1. The van der Waals surface area contributed by atoms with Crippen molar-refractivity contribution in [2.24, 2.45) is 0 Å². The van der Waals surface area contributed by atoms with Gasteiger partial charge in [-0.25, -0.2) is 22.9 Å². The second-order valence-electron chi connectivity index (χ2n) is 6.51. The molecule has 0 unspecified atom stereocenters. The van der Waals surface area contributed by atoms with Gasteiger partial charge in [0.05, 0.1) is 17.7 Å². The third-order valence-corrected chi connectivity index (χ3v) is 6.17. The number of carbonyl (C=O) groups excluding carboxylic acids is 1. The zero-order valence-electron chi connectivity index (χ0n) is 16.0. The summed E-state index contributed by atoms with van der Waals surface area (Å²) < 4.78 is 65.2. The summed E-state index contributed by atoms with van der Waals surface area (Å²) in [7, 11) is -3.26. The maximum absolute atomic E-state index is 13.2. The Hall–Kier alpha value is -3.45. The van der Waals surface area contributed by atoms with E-state index in [2.05, 4.69) is 14.8 Å². The van der Waals surface area contributed by atoms with Crippen LogP contribution in [0.4, 0.5) is 14.5 Å². The summed E-state index contributed by atoms with van der Waals surface area (Å²) >= 11 is 5.91. The number of hydrogen-bond acceptors (Lipinski definition) is 8. The fraction of sp³-hybridized carbons (Fsp3) is 0.167. The lowest BCUT2D eigenvalue weighted by Gasteiger charge is -2.14. The number of esters is 1. The van der Waals surface area contributed by atoms with E-state index in [1.165, 1.54) is 19.4 Å². The Kier molecular flexibility index (Phi) is 5.38. The molecule has 0 spiro atoms. The summed E-state index contributed by atoms with van der Waals surface area (Å²) in [6, 6.07) is 3.16. The number of carbonyl (C=O) groups is 1. The van der Waals surface area contributed by atoms with Crippen LogP contribution in [0.15, 0.2) is 35.5 Å². The molecule has 0 atom stereocenters. The standard InChI is InChI=1S/C18H13ClF2N4O6S/c1-30-16-12-3-9(5-22-16)10-6-25(18(20)21)23-13(10)7-31-17(27)8-2-11(19)15(26)14(4-8)32(28,29)24-12/h2-6,18,24,26H,7H2,1H3. The predicted molar refractivity (Wildman–Crippen MR) is 106 cm³/mol. The molecule has 10 nitrogen and oxygen atoms in total. The molecule has 3 aromatic rings. The number of aromatic hydroxyl groups is 1. The van der Waals surface area contributed by atoms with Gasteiger partial charge in [0.1, 0.15) is 22.9 Å². The minimum Gasteiger partial charge on any atom is -0.505 e. The Balaban J connectivity index is 1.98. The number of ether oxygens (including phenoxy) is 2. The number of sulfonamides is 1. The Bertz CT molecular complexity index is 1350. The number of fused-ring (bicyclic) bond motifs is 6. The number of hydrogen-bond donors (Lipinski definition) is 2. The van der Waals surface area contributed by atoms with Gasteiger partial charge in [-0.1, -0.05) is 11.6 Å². The summed E-state index contributed by atoms with van der Waals surface area (Å²) in [6.07, 6.45) is 2.26. The number of aromatic nitrogens is 3. The highest BCUT2D eigenvalue weighted by Gasteiger charge is 2.27. The van der Waals surface area contributed by atoms with Crippen LogP contribution < -0.4 is 9.46 Å². The molecule has 1 aliphatic rings. The fourth-order valence-corrected chi connectivity index (χ4v) is 4.49. The van der Waals surface area contributed by atoms with E-state index in [1.807, 2.05) is 0 Å². The zero-order valence-corrected chi connectivity index (χ0v) is 17.6. The van der Waals surface area contributed by atoms with Gasteiger partial charge < -0.3 is 14.6 Å². The fourth-order valence-electron chi connectivity index (χ4n) is 3.03. The molecule has 2 aromatic heterocycles. The van der Waals surface area contributed by atoms with Gasteiger partial charge in [-0.2, -0.15) is 13.9 Å². The van der Waals surface area contributed by atoms with Crippen LogP contribution in [-0.2, 0) is 21.4 Å². The van der Waals surface area contributed by atoms with E-state index in [4.69, 9.17) is 21.1 Å². The van der Waals surface area contributed by atoms with Crippen LogP contribution in [-0.4, -0.2) is 41.4 Å². The number of rotatable bonds is 2. The molecule has 2 N–H and O–H groups in total. The molecule has 4 rings (SSSR count).